The molecule has 1 fully saturated rings. The van der Waals surface area contributed by atoms with Crippen molar-refractivity contribution in [1.29, 1.82) is 0 Å². The Kier molecular flexibility index (Phi) is 3.59. The largest absolute Gasteiger partial charge is 0.481 e. The van der Waals surface area contributed by atoms with Crippen LogP contribution in [0.3, 0.4) is 0 Å². The molecule has 2 unspecified atom stereocenters. The number of carbonyl (C=O) groups is 1. The fourth-order valence-electron chi connectivity index (χ4n) is 2.60. The van der Waals surface area contributed by atoms with Crippen LogP contribution in [0.2, 0.25) is 0 Å². The molecule has 19 heavy (non-hydrogen) atoms. The summed E-state index contributed by atoms with van der Waals surface area (Å²) in [5.74, 6) is 0.389. The van der Waals surface area contributed by atoms with Gasteiger partial charge in [-0.2, -0.15) is 0 Å². The lowest BCUT2D eigenvalue weighted by Gasteiger charge is -2.28. The number of ether oxygens (including phenoxy) is 1. The van der Waals surface area contributed by atoms with Crippen molar-refractivity contribution < 1.29 is 14.6 Å². The third-order valence-corrected chi connectivity index (χ3v) is 3.99. The topological polar surface area (TPSA) is 84.3 Å². The van der Waals surface area contributed by atoms with Crippen molar-refractivity contribution in [2.75, 3.05) is 12.4 Å². The lowest BCUT2D eigenvalue weighted by Crippen LogP contribution is -2.40. The van der Waals surface area contributed by atoms with Gasteiger partial charge in [0.05, 0.1) is 18.1 Å². The SMILES string of the molecule is COc1ncnc(NC2CCCC2(C)C(=O)O)c1C. The smallest absolute Gasteiger partial charge is 0.311 e. The predicted octanol–water partition coefficient (Wildman–Crippen LogP) is 1.85. The number of methoxy groups -OCH3 is 1. The van der Waals surface area contributed by atoms with Gasteiger partial charge in [-0.1, -0.05) is 6.42 Å². The van der Waals surface area contributed by atoms with Crippen molar-refractivity contribution in [2.24, 2.45) is 5.41 Å². The molecule has 6 heteroatoms. The number of nitrogens with one attached hydrogen (secondary N) is 1. The van der Waals surface area contributed by atoms with Gasteiger partial charge in [0.1, 0.15) is 12.1 Å². The van der Waals surface area contributed by atoms with Gasteiger partial charge in [0.25, 0.3) is 0 Å². The molecule has 1 aliphatic carbocycles. The number of hydrogen-bond donors (Lipinski definition) is 2. The summed E-state index contributed by atoms with van der Waals surface area (Å²) in [6, 6.07) is -0.122. The third-order valence-electron chi connectivity index (χ3n) is 3.99. The first-order valence-corrected chi connectivity index (χ1v) is 6.34. The molecule has 0 bridgehead atoms. The third kappa shape index (κ3) is 2.34. The molecule has 2 atom stereocenters. The summed E-state index contributed by atoms with van der Waals surface area (Å²) in [6.45, 7) is 3.64. The van der Waals surface area contributed by atoms with Crippen molar-refractivity contribution in [1.82, 2.24) is 9.97 Å². The average molecular weight is 265 g/mol. The van der Waals surface area contributed by atoms with Gasteiger partial charge < -0.3 is 15.2 Å². The molecule has 1 heterocycles. The maximum Gasteiger partial charge on any atom is 0.311 e. The van der Waals surface area contributed by atoms with Crippen LogP contribution in [0.5, 0.6) is 5.88 Å². The van der Waals surface area contributed by atoms with E-state index in [1.807, 2.05) is 6.92 Å². The fraction of sp³-hybridized carbons (Fsp3) is 0.615. The molecule has 0 saturated heterocycles. The van der Waals surface area contributed by atoms with Crippen molar-refractivity contribution in [3.8, 4) is 5.88 Å². The van der Waals surface area contributed by atoms with Crippen LogP contribution in [0.25, 0.3) is 0 Å². The Bertz CT molecular complexity index is 492. The number of aliphatic carboxylic acids is 1. The summed E-state index contributed by atoms with van der Waals surface area (Å²) >= 11 is 0. The van der Waals surface area contributed by atoms with Gasteiger partial charge in [-0.25, -0.2) is 9.97 Å². The molecule has 1 aromatic rings. The maximum absolute atomic E-state index is 11.4. The molecule has 2 rings (SSSR count). The monoisotopic (exact) mass is 265 g/mol. The van der Waals surface area contributed by atoms with E-state index in [1.54, 1.807) is 14.0 Å². The number of carboxylic acids is 1. The van der Waals surface area contributed by atoms with Gasteiger partial charge >= 0.3 is 5.97 Å². The van der Waals surface area contributed by atoms with E-state index in [2.05, 4.69) is 15.3 Å². The predicted molar refractivity (Wildman–Crippen MR) is 70.3 cm³/mol. The summed E-state index contributed by atoms with van der Waals surface area (Å²) in [4.78, 5) is 19.6. The molecule has 0 amide bonds. The van der Waals surface area contributed by atoms with E-state index in [1.165, 1.54) is 6.33 Å². The minimum atomic E-state index is -0.763. The van der Waals surface area contributed by atoms with Crippen LogP contribution in [-0.2, 0) is 4.79 Å². The Morgan fingerprint density at radius 2 is 2.32 bits per heavy atom. The highest BCUT2D eigenvalue weighted by molar-refractivity contribution is 5.76. The van der Waals surface area contributed by atoms with Crippen molar-refractivity contribution >= 4 is 11.8 Å². The highest BCUT2D eigenvalue weighted by atomic mass is 16.5. The van der Waals surface area contributed by atoms with Crippen LogP contribution in [-0.4, -0.2) is 34.2 Å². The molecule has 0 aliphatic heterocycles. The van der Waals surface area contributed by atoms with Crippen LogP contribution >= 0.6 is 0 Å². The van der Waals surface area contributed by atoms with Gasteiger partial charge in [-0.05, 0) is 26.7 Å². The lowest BCUT2D eigenvalue weighted by molar-refractivity contribution is -0.147. The van der Waals surface area contributed by atoms with Gasteiger partial charge in [-0.15, -0.1) is 0 Å². The van der Waals surface area contributed by atoms with E-state index in [0.717, 1.165) is 18.4 Å². The van der Waals surface area contributed by atoms with Crippen LogP contribution < -0.4 is 10.1 Å². The average Bonchev–Trinajstić information content (AvgIpc) is 2.75. The Morgan fingerprint density at radius 3 is 2.95 bits per heavy atom. The van der Waals surface area contributed by atoms with E-state index >= 15 is 0 Å². The molecule has 6 nitrogen and oxygen atoms in total. The van der Waals surface area contributed by atoms with Gasteiger partial charge in [0, 0.05) is 6.04 Å². The Morgan fingerprint density at radius 1 is 1.58 bits per heavy atom. The summed E-state index contributed by atoms with van der Waals surface area (Å²) < 4.78 is 5.14. The van der Waals surface area contributed by atoms with Gasteiger partial charge in [0.2, 0.25) is 5.88 Å². The summed E-state index contributed by atoms with van der Waals surface area (Å²) in [5, 5.41) is 12.6. The van der Waals surface area contributed by atoms with Crippen molar-refractivity contribution in [3.05, 3.63) is 11.9 Å². The molecular weight excluding hydrogens is 246 g/mol. The van der Waals surface area contributed by atoms with E-state index in [0.29, 0.717) is 18.1 Å². The van der Waals surface area contributed by atoms with Crippen LogP contribution in [0.15, 0.2) is 6.33 Å². The number of nitrogens with zero attached hydrogens (tertiary/aromatic N) is 2. The minimum Gasteiger partial charge on any atom is -0.481 e. The quantitative estimate of drug-likeness (QED) is 0.864. The maximum atomic E-state index is 11.4. The second-order valence-electron chi connectivity index (χ2n) is 5.17. The lowest BCUT2D eigenvalue weighted by atomic mass is 9.85. The van der Waals surface area contributed by atoms with E-state index in [4.69, 9.17) is 4.74 Å². The van der Waals surface area contributed by atoms with Gasteiger partial charge in [0.15, 0.2) is 0 Å². The Balaban J connectivity index is 2.24. The number of rotatable bonds is 4. The second kappa shape index (κ2) is 5.03. The summed E-state index contributed by atoms with van der Waals surface area (Å²) in [6.07, 6.45) is 3.83. The first-order chi connectivity index (χ1) is 8.99. The highest BCUT2D eigenvalue weighted by Crippen LogP contribution is 2.40. The van der Waals surface area contributed by atoms with Crippen LogP contribution in [0, 0.1) is 12.3 Å². The second-order valence-corrected chi connectivity index (χ2v) is 5.17. The minimum absolute atomic E-state index is 0.122. The zero-order valence-corrected chi connectivity index (χ0v) is 11.4. The van der Waals surface area contributed by atoms with Gasteiger partial charge in [-0.3, -0.25) is 4.79 Å². The first-order valence-electron chi connectivity index (χ1n) is 6.34. The Hall–Kier alpha value is -1.85. The van der Waals surface area contributed by atoms with Crippen LogP contribution in [0.4, 0.5) is 5.82 Å². The molecule has 2 N–H and O–H groups in total. The number of aromatic nitrogens is 2. The number of hydrogen-bond acceptors (Lipinski definition) is 5. The molecule has 0 aromatic carbocycles. The summed E-state index contributed by atoms with van der Waals surface area (Å²) in [7, 11) is 1.55. The Labute approximate surface area is 112 Å². The number of anilines is 1. The summed E-state index contributed by atoms with van der Waals surface area (Å²) in [5.41, 5.74) is 0.0506. The molecule has 0 radical (unpaired) electrons. The van der Waals surface area contributed by atoms with E-state index < -0.39 is 11.4 Å². The standard InChI is InChI=1S/C13H19N3O3/c1-8-10(14-7-15-11(8)19-3)16-9-5-4-6-13(9,2)12(17)18/h7,9H,4-6H2,1-3H3,(H,17,18)(H,14,15,16). The van der Waals surface area contributed by atoms with Crippen LogP contribution in [0.1, 0.15) is 31.7 Å². The molecular formula is C13H19N3O3. The molecule has 1 aliphatic rings. The number of carboxylic acid groups (broad SMARTS) is 1. The van der Waals surface area contributed by atoms with E-state index in [9.17, 15) is 9.90 Å². The molecule has 104 valence electrons. The molecule has 0 spiro atoms. The van der Waals surface area contributed by atoms with Crippen molar-refractivity contribution in [3.63, 3.8) is 0 Å². The first kappa shape index (κ1) is 13.6. The zero-order chi connectivity index (χ0) is 14.0. The zero-order valence-electron chi connectivity index (χ0n) is 11.4. The van der Waals surface area contributed by atoms with Crippen molar-refractivity contribution in [2.45, 2.75) is 39.2 Å². The highest BCUT2D eigenvalue weighted by Gasteiger charge is 2.45. The van der Waals surface area contributed by atoms with E-state index in [-0.39, 0.29) is 6.04 Å². The molecule has 1 saturated carbocycles. The normalized spacial score (nSPS) is 26.2. The fourth-order valence-corrected chi connectivity index (χ4v) is 2.60. The molecule has 1 aromatic heterocycles.